The maximum Gasteiger partial charge on any atom is 0.321 e. The topological polar surface area (TPSA) is 52.0 Å². The highest BCUT2D eigenvalue weighted by atomic mass is 16.5. The maximum atomic E-state index is 5.38. The monoisotopic (exact) mass is 336 g/mol. The van der Waals surface area contributed by atoms with Crippen molar-refractivity contribution < 1.29 is 4.74 Å². The van der Waals surface area contributed by atoms with Crippen molar-refractivity contribution in [1.29, 1.82) is 0 Å². The molecule has 1 aromatic heterocycles. The SMILES string of the molecule is CCc1cccc(CC)c1NCc1nnc(OC)n1-c1ccccc1. The van der Waals surface area contributed by atoms with E-state index in [0.717, 1.165) is 24.4 Å². The maximum absolute atomic E-state index is 5.38. The summed E-state index contributed by atoms with van der Waals surface area (Å²) in [6, 6.07) is 17.0. The molecule has 5 heteroatoms. The third-order valence-electron chi connectivity index (χ3n) is 4.32. The summed E-state index contributed by atoms with van der Waals surface area (Å²) in [6.45, 7) is 4.93. The van der Waals surface area contributed by atoms with E-state index in [4.69, 9.17) is 4.74 Å². The Bertz CT molecular complexity index is 805. The first-order valence-corrected chi connectivity index (χ1v) is 8.66. The number of aryl methyl sites for hydroxylation is 2. The molecule has 0 atom stereocenters. The Hall–Kier alpha value is -2.82. The fourth-order valence-electron chi connectivity index (χ4n) is 3.02. The van der Waals surface area contributed by atoms with Crippen LogP contribution in [0.1, 0.15) is 30.8 Å². The summed E-state index contributed by atoms with van der Waals surface area (Å²) in [4.78, 5) is 0. The largest absolute Gasteiger partial charge is 0.467 e. The van der Waals surface area contributed by atoms with E-state index < -0.39 is 0 Å². The zero-order valence-electron chi connectivity index (χ0n) is 15.0. The number of nitrogens with one attached hydrogen (secondary N) is 1. The van der Waals surface area contributed by atoms with Gasteiger partial charge in [0, 0.05) is 5.69 Å². The first-order chi connectivity index (χ1) is 12.3. The van der Waals surface area contributed by atoms with Crippen LogP contribution in [0.5, 0.6) is 6.01 Å². The molecular formula is C20H24N4O. The van der Waals surface area contributed by atoms with Gasteiger partial charge in [0.05, 0.1) is 19.3 Å². The molecule has 1 N–H and O–H groups in total. The van der Waals surface area contributed by atoms with Crippen molar-refractivity contribution in [1.82, 2.24) is 14.8 Å². The number of rotatable bonds is 7. The van der Waals surface area contributed by atoms with Crippen molar-refractivity contribution in [2.24, 2.45) is 0 Å². The van der Waals surface area contributed by atoms with Gasteiger partial charge in [0.1, 0.15) is 0 Å². The Kier molecular flexibility index (Phi) is 5.33. The summed E-state index contributed by atoms with van der Waals surface area (Å²) in [7, 11) is 1.61. The number of para-hydroxylation sites is 2. The lowest BCUT2D eigenvalue weighted by atomic mass is 10.0. The molecule has 25 heavy (non-hydrogen) atoms. The minimum Gasteiger partial charge on any atom is -0.467 e. The average Bonchev–Trinajstić information content (AvgIpc) is 3.09. The van der Waals surface area contributed by atoms with Gasteiger partial charge in [-0.2, -0.15) is 0 Å². The number of hydrogen-bond donors (Lipinski definition) is 1. The first kappa shape index (κ1) is 17.0. The molecule has 0 bridgehead atoms. The van der Waals surface area contributed by atoms with Gasteiger partial charge < -0.3 is 10.1 Å². The quantitative estimate of drug-likeness (QED) is 0.708. The Labute approximate surface area is 148 Å². The van der Waals surface area contributed by atoms with Crippen LogP contribution in [-0.4, -0.2) is 21.9 Å². The molecule has 0 saturated carbocycles. The Morgan fingerprint density at radius 2 is 1.60 bits per heavy atom. The molecule has 3 aromatic rings. The van der Waals surface area contributed by atoms with Crippen LogP contribution in [-0.2, 0) is 19.4 Å². The Morgan fingerprint density at radius 3 is 2.20 bits per heavy atom. The first-order valence-electron chi connectivity index (χ1n) is 8.66. The van der Waals surface area contributed by atoms with Crippen LogP contribution in [0.15, 0.2) is 48.5 Å². The molecule has 0 fully saturated rings. The molecule has 130 valence electrons. The average molecular weight is 336 g/mol. The summed E-state index contributed by atoms with van der Waals surface area (Å²) >= 11 is 0. The molecule has 0 aliphatic rings. The van der Waals surface area contributed by atoms with Gasteiger partial charge in [-0.25, -0.2) is 4.57 Å². The highest BCUT2D eigenvalue weighted by molar-refractivity contribution is 5.58. The second-order valence-electron chi connectivity index (χ2n) is 5.79. The van der Waals surface area contributed by atoms with Gasteiger partial charge in [-0.3, -0.25) is 0 Å². The standard InChI is InChI=1S/C20H24N4O/c1-4-15-10-9-11-16(5-2)19(15)21-14-18-22-23-20(25-3)24(18)17-12-7-6-8-13-17/h6-13,21H,4-5,14H2,1-3H3. The highest BCUT2D eigenvalue weighted by Crippen LogP contribution is 2.24. The van der Waals surface area contributed by atoms with E-state index in [0.29, 0.717) is 12.6 Å². The molecule has 3 rings (SSSR count). The van der Waals surface area contributed by atoms with Crippen molar-refractivity contribution >= 4 is 5.69 Å². The number of hydrogen-bond acceptors (Lipinski definition) is 4. The third-order valence-corrected chi connectivity index (χ3v) is 4.32. The van der Waals surface area contributed by atoms with Crippen LogP contribution in [0.2, 0.25) is 0 Å². The molecule has 0 unspecified atom stereocenters. The molecule has 5 nitrogen and oxygen atoms in total. The molecule has 0 spiro atoms. The van der Waals surface area contributed by atoms with Gasteiger partial charge in [0.2, 0.25) is 0 Å². The van der Waals surface area contributed by atoms with Crippen LogP contribution in [0.4, 0.5) is 5.69 Å². The van der Waals surface area contributed by atoms with Crippen molar-refractivity contribution in [2.75, 3.05) is 12.4 Å². The summed E-state index contributed by atoms with van der Waals surface area (Å²) in [6.07, 6.45) is 1.98. The number of nitrogens with zero attached hydrogens (tertiary/aromatic N) is 3. The molecule has 0 radical (unpaired) electrons. The number of anilines is 1. The zero-order valence-corrected chi connectivity index (χ0v) is 15.0. The van der Waals surface area contributed by atoms with E-state index in [1.165, 1.54) is 16.8 Å². The van der Waals surface area contributed by atoms with Gasteiger partial charge in [-0.05, 0) is 36.1 Å². The van der Waals surface area contributed by atoms with Crippen LogP contribution in [0.3, 0.4) is 0 Å². The Balaban J connectivity index is 1.92. The Morgan fingerprint density at radius 1 is 0.920 bits per heavy atom. The normalized spacial score (nSPS) is 10.7. The molecule has 0 saturated heterocycles. The summed E-state index contributed by atoms with van der Waals surface area (Å²) in [5.74, 6) is 0.816. The van der Waals surface area contributed by atoms with E-state index in [9.17, 15) is 0 Å². The molecule has 2 aromatic carbocycles. The summed E-state index contributed by atoms with van der Waals surface area (Å²) < 4.78 is 7.32. The van der Waals surface area contributed by atoms with Crippen molar-refractivity contribution in [3.63, 3.8) is 0 Å². The lowest BCUT2D eigenvalue weighted by molar-refractivity contribution is 0.371. The third kappa shape index (κ3) is 3.50. The van der Waals surface area contributed by atoms with Crippen molar-refractivity contribution in [2.45, 2.75) is 33.2 Å². The van der Waals surface area contributed by atoms with Crippen molar-refractivity contribution in [3.8, 4) is 11.7 Å². The second-order valence-corrected chi connectivity index (χ2v) is 5.79. The second kappa shape index (κ2) is 7.83. The van der Waals surface area contributed by atoms with E-state index in [-0.39, 0.29) is 0 Å². The van der Waals surface area contributed by atoms with Gasteiger partial charge in [0.25, 0.3) is 0 Å². The predicted octanol–water partition coefficient (Wildman–Crippen LogP) is 4.01. The van der Waals surface area contributed by atoms with Gasteiger partial charge in [0.15, 0.2) is 5.82 Å². The fourth-order valence-corrected chi connectivity index (χ4v) is 3.02. The predicted molar refractivity (Wildman–Crippen MR) is 100 cm³/mol. The number of ether oxygens (including phenoxy) is 1. The molecular weight excluding hydrogens is 312 g/mol. The highest BCUT2D eigenvalue weighted by Gasteiger charge is 2.15. The number of aromatic nitrogens is 3. The minimum atomic E-state index is 0.488. The molecule has 0 amide bonds. The lowest BCUT2D eigenvalue weighted by Crippen LogP contribution is -2.11. The summed E-state index contributed by atoms with van der Waals surface area (Å²) in [5, 5.41) is 12.0. The van der Waals surface area contributed by atoms with Crippen LogP contribution in [0.25, 0.3) is 5.69 Å². The molecule has 0 aliphatic carbocycles. The van der Waals surface area contributed by atoms with Gasteiger partial charge in [-0.15, -0.1) is 5.10 Å². The van der Waals surface area contributed by atoms with Crippen LogP contribution >= 0.6 is 0 Å². The van der Waals surface area contributed by atoms with E-state index in [1.54, 1.807) is 7.11 Å². The van der Waals surface area contributed by atoms with Crippen LogP contribution in [0, 0.1) is 0 Å². The number of methoxy groups -OCH3 is 1. The fraction of sp³-hybridized carbons (Fsp3) is 0.300. The summed E-state index contributed by atoms with van der Waals surface area (Å²) in [5.41, 5.74) is 4.82. The van der Waals surface area contributed by atoms with Gasteiger partial charge >= 0.3 is 6.01 Å². The van der Waals surface area contributed by atoms with Gasteiger partial charge in [-0.1, -0.05) is 55.3 Å². The zero-order chi connectivity index (χ0) is 17.6. The smallest absolute Gasteiger partial charge is 0.321 e. The van der Waals surface area contributed by atoms with Crippen molar-refractivity contribution in [3.05, 3.63) is 65.5 Å². The lowest BCUT2D eigenvalue weighted by Gasteiger charge is -2.16. The minimum absolute atomic E-state index is 0.488. The number of benzene rings is 2. The molecule has 0 aliphatic heterocycles. The van der Waals surface area contributed by atoms with E-state index in [1.807, 2.05) is 34.9 Å². The van der Waals surface area contributed by atoms with E-state index in [2.05, 4.69) is 47.6 Å². The van der Waals surface area contributed by atoms with Crippen LogP contribution < -0.4 is 10.1 Å². The van der Waals surface area contributed by atoms with E-state index >= 15 is 0 Å². The molecule has 1 heterocycles.